The van der Waals surface area contributed by atoms with Gasteiger partial charge >= 0.3 is 5.97 Å². The van der Waals surface area contributed by atoms with Crippen LogP contribution in [0.5, 0.6) is 0 Å². The van der Waals surface area contributed by atoms with Gasteiger partial charge in [-0.1, -0.05) is 6.92 Å². The zero-order valence-electron chi connectivity index (χ0n) is 14.8. The van der Waals surface area contributed by atoms with E-state index in [-0.39, 0.29) is 24.3 Å². The van der Waals surface area contributed by atoms with E-state index in [0.29, 0.717) is 31.4 Å². The Hall–Kier alpha value is -2.02. The average molecular weight is 337 g/mol. The first-order chi connectivity index (χ1) is 11.4. The van der Waals surface area contributed by atoms with Gasteiger partial charge in [0.2, 0.25) is 0 Å². The Morgan fingerprint density at radius 3 is 2.92 bits per heavy atom. The topological polar surface area (TPSA) is 87.3 Å². The minimum absolute atomic E-state index is 0.163. The Balaban J connectivity index is 2.10. The number of esters is 1. The summed E-state index contributed by atoms with van der Waals surface area (Å²) < 4.78 is 10.2. The van der Waals surface area contributed by atoms with E-state index in [1.54, 1.807) is 19.1 Å². The lowest BCUT2D eigenvalue weighted by atomic mass is 9.99. The number of likely N-dealkylation sites (tertiary alicyclic amines) is 1. The SMILES string of the molecule is CCNC(=NCC(C)(O)c1ccco1)N1CC(C)C(C(=O)OC)C1. The molecule has 1 aliphatic rings. The van der Waals surface area contributed by atoms with Crippen molar-refractivity contribution in [2.45, 2.75) is 26.4 Å². The van der Waals surface area contributed by atoms with E-state index in [1.165, 1.54) is 13.4 Å². The smallest absolute Gasteiger partial charge is 0.310 e. The highest BCUT2D eigenvalue weighted by molar-refractivity contribution is 5.82. The molecule has 2 heterocycles. The molecule has 2 N–H and O–H groups in total. The van der Waals surface area contributed by atoms with Crippen molar-refractivity contribution < 1.29 is 19.1 Å². The number of hydrogen-bond donors (Lipinski definition) is 2. The molecule has 0 spiro atoms. The number of ether oxygens (including phenoxy) is 1. The van der Waals surface area contributed by atoms with Crippen LogP contribution in [0.3, 0.4) is 0 Å². The number of hydrogen-bond acceptors (Lipinski definition) is 5. The van der Waals surface area contributed by atoms with E-state index in [1.807, 2.05) is 18.7 Å². The largest absolute Gasteiger partial charge is 0.469 e. The minimum atomic E-state index is -1.18. The summed E-state index contributed by atoms with van der Waals surface area (Å²) in [4.78, 5) is 18.4. The van der Waals surface area contributed by atoms with Crippen LogP contribution in [-0.4, -0.2) is 55.2 Å². The summed E-state index contributed by atoms with van der Waals surface area (Å²) in [7, 11) is 1.41. The van der Waals surface area contributed by atoms with Crippen molar-refractivity contribution in [2.24, 2.45) is 16.8 Å². The number of nitrogens with one attached hydrogen (secondary N) is 1. The molecule has 7 heteroatoms. The van der Waals surface area contributed by atoms with E-state index in [4.69, 9.17) is 9.15 Å². The van der Waals surface area contributed by atoms with E-state index in [9.17, 15) is 9.90 Å². The van der Waals surface area contributed by atoms with Gasteiger partial charge in [-0.25, -0.2) is 4.99 Å². The van der Waals surface area contributed by atoms with Gasteiger partial charge in [0.1, 0.15) is 11.4 Å². The molecule has 0 aromatic carbocycles. The van der Waals surface area contributed by atoms with Gasteiger partial charge in [0.15, 0.2) is 5.96 Å². The zero-order valence-corrected chi connectivity index (χ0v) is 14.8. The number of nitrogens with zero attached hydrogens (tertiary/aromatic N) is 2. The summed E-state index contributed by atoms with van der Waals surface area (Å²) in [6.07, 6.45) is 1.53. The number of carbonyl (C=O) groups is 1. The second-order valence-corrected chi connectivity index (χ2v) is 6.43. The number of aliphatic hydroxyl groups is 1. The molecular weight excluding hydrogens is 310 g/mol. The number of rotatable bonds is 5. The van der Waals surface area contributed by atoms with Crippen molar-refractivity contribution in [1.29, 1.82) is 0 Å². The quantitative estimate of drug-likeness (QED) is 0.477. The molecule has 0 amide bonds. The highest BCUT2D eigenvalue weighted by Crippen LogP contribution is 2.25. The molecule has 0 saturated carbocycles. The molecule has 2 rings (SSSR count). The van der Waals surface area contributed by atoms with Crippen molar-refractivity contribution in [3.63, 3.8) is 0 Å². The second-order valence-electron chi connectivity index (χ2n) is 6.43. The first-order valence-corrected chi connectivity index (χ1v) is 8.26. The van der Waals surface area contributed by atoms with Crippen LogP contribution in [0.2, 0.25) is 0 Å². The molecule has 0 radical (unpaired) electrons. The van der Waals surface area contributed by atoms with Crippen LogP contribution < -0.4 is 5.32 Å². The molecule has 1 aliphatic heterocycles. The van der Waals surface area contributed by atoms with Gasteiger partial charge in [0.25, 0.3) is 0 Å². The normalized spacial score (nSPS) is 23.9. The van der Waals surface area contributed by atoms with Gasteiger partial charge in [0, 0.05) is 19.6 Å². The molecule has 3 atom stereocenters. The number of furan rings is 1. The lowest BCUT2D eigenvalue weighted by Gasteiger charge is -2.24. The molecule has 0 bridgehead atoms. The monoisotopic (exact) mass is 337 g/mol. The summed E-state index contributed by atoms with van der Waals surface area (Å²) in [5, 5.41) is 13.8. The van der Waals surface area contributed by atoms with Crippen molar-refractivity contribution in [1.82, 2.24) is 10.2 Å². The van der Waals surface area contributed by atoms with Crippen LogP contribution in [0.1, 0.15) is 26.5 Å². The second kappa shape index (κ2) is 7.70. The number of methoxy groups -OCH3 is 1. The maximum atomic E-state index is 11.9. The summed E-state index contributed by atoms with van der Waals surface area (Å²) in [6.45, 7) is 7.83. The third-order valence-corrected chi connectivity index (χ3v) is 4.34. The van der Waals surface area contributed by atoms with Crippen LogP contribution in [0.25, 0.3) is 0 Å². The Morgan fingerprint density at radius 2 is 2.33 bits per heavy atom. The highest BCUT2D eigenvalue weighted by Gasteiger charge is 2.37. The molecule has 7 nitrogen and oxygen atoms in total. The fraction of sp³-hybridized carbons (Fsp3) is 0.647. The fourth-order valence-electron chi connectivity index (χ4n) is 2.92. The van der Waals surface area contributed by atoms with Crippen molar-refractivity contribution >= 4 is 11.9 Å². The molecule has 1 fully saturated rings. The van der Waals surface area contributed by atoms with Crippen LogP contribution in [0, 0.1) is 11.8 Å². The Kier molecular flexibility index (Phi) is 5.88. The third kappa shape index (κ3) is 4.08. The molecule has 24 heavy (non-hydrogen) atoms. The van der Waals surface area contributed by atoms with E-state index in [0.717, 1.165) is 0 Å². The molecule has 1 aromatic rings. The molecule has 0 aliphatic carbocycles. The van der Waals surface area contributed by atoms with Gasteiger partial charge in [-0.05, 0) is 31.9 Å². The van der Waals surface area contributed by atoms with Gasteiger partial charge < -0.3 is 24.5 Å². The summed E-state index contributed by atoms with van der Waals surface area (Å²) in [5.41, 5.74) is -1.18. The Morgan fingerprint density at radius 1 is 1.58 bits per heavy atom. The van der Waals surface area contributed by atoms with Crippen molar-refractivity contribution in [2.75, 3.05) is 33.3 Å². The molecule has 3 unspecified atom stereocenters. The number of guanidine groups is 1. The van der Waals surface area contributed by atoms with Gasteiger partial charge in [-0.15, -0.1) is 0 Å². The lowest BCUT2D eigenvalue weighted by molar-refractivity contribution is -0.145. The predicted octanol–water partition coefficient (Wildman–Crippen LogP) is 1.19. The van der Waals surface area contributed by atoms with E-state index < -0.39 is 5.60 Å². The third-order valence-electron chi connectivity index (χ3n) is 4.34. The maximum Gasteiger partial charge on any atom is 0.310 e. The first-order valence-electron chi connectivity index (χ1n) is 8.26. The molecule has 1 saturated heterocycles. The van der Waals surface area contributed by atoms with Crippen LogP contribution in [0.15, 0.2) is 27.8 Å². The summed E-state index contributed by atoms with van der Waals surface area (Å²) in [6, 6.07) is 3.47. The molecular formula is C17H27N3O4. The van der Waals surface area contributed by atoms with Crippen LogP contribution in [-0.2, 0) is 15.1 Å². The number of aliphatic imine (C=N–C) groups is 1. The Labute approximate surface area is 142 Å². The molecule has 134 valence electrons. The van der Waals surface area contributed by atoms with Crippen LogP contribution >= 0.6 is 0 Å². The van der Waals surface area contributed by atoms with Gasteiger partial charge in [-0.2, -0.15) is 0 Å². The lowest BCUT2D eigenvalue weighted by Crippen LogP contribution is -2.41. The summed E-state index contributed by atoms with van der Waals surface area (Å²) >= 11 is 0. The minimum Gasteiger partial charge on any atom is -0.469 e. The zero-order chi connectivity index (χ0) is 17.7. The van der Waals surface area contributed by atoms with Gasteiger partial charge in [-0.3, -0.25) is 4.79 Å². The van der Waals surface area contributed by atoms with E-state index >= 15 is 0 Å². The fourth-order valence-corrected chi connectivity index (χ4v) is 2.92. The highest BCUT2D eigenvalue weighted by atomic mass is 16.5. The van der Waals surface area contributed by atoms with Crippen molar-refractivity contribution in [3.05, 3.63) is 24.2 Å². The molecule has 1 aromatic heterocycles. The standard InChI is InChI=1S/C17H27N3O4/c1-5-18-16(19-11-17(3,22)14-7-6-8-24-14)20-9-12(2)13(10-20)15(21)23-4/h6-8,12-13,22H,5,9-11H2,1-4H3,(H,18,19). The number of carbonyl (C=O) groups excluding carboxylic acids is 1. The predicted molar refractivity (Wildman–Crippen MR) is 90.5 cm³/mol. The first kappa shape index (κ1) is 18.3. The van der Waals surface area contributed by atoms with Crippen LogP contribution in [0.4, 0.5) is 0 Å². The Bertz CT molecular complexity index is 568. The van der Waals surface area contributed by atoms with E-state index in [2.05, 4.69) is 10.3 Å². The van der Waals surface area contributed by atoms with Crippen molar-refractivity contribution in [3.8, 4) is 0 Å². The average Bonchev–Trinajstić information content (AvgIpc) is 3.20. The maximum absolute atomic E-state index is 11.9. The summed E-state index contributed by atoms with van der Waals surface area (Å²) in [5.74, 6) is 0.992. The van der Waals surface area contributed by atoms with Gasteiger partial charge in [0.05, 0.1) is 25.8 Å².